The van der Waals surface area contributed by atoms with Crippen LogP contribution in [0.25, 0.3) is 0 Å². The summed E-state index contributed by atoms with van der Waals surface area (Å²) in [6.07, 6.45) is 0. The lowest BCUT2D eigenvalue weighted by molar-refractivity contribution is -0.155. The predicted octanol–water partition coefficient (Wildman–Crippen LogP) is 2.87. The van der Waals surface area contributed by atoms with Crippen LogP contribution in [-0.4, -0.2) is 29.1 Å². The van der Waals surface area contributed by atoms with Crippen molar-refractivity contribution in [3.63, 3.8) is 0 Å². The molecule has 1 heterocycles. The number of halogens is 1. The highest BCUT2D eigenvalue weighted by atomic mass is 35.5. The van der Waals surface area contributed by atoms with Crippen LogP contribution < -0.4 is 0 Å². The summed E-state index contributed by atoms with van der Waals surface area (Å²) in [4.78, 5) is 13.9. The third-order valence-corrected chi connectivity index (χ3v) is 2.94. The van der Waals surface area contributed by atoms with Crippen LogP contribution in [0.3, 0.4) is 0 Å². The van der Waals surface area contributed by atoms with E-state index in [9.17, 15) is 4.79 Å². The Morgan fingerprint density at radius 1 is 1.39 bits per heavy atom. The minimum Gasteiger partial charge on any atom is -0.459 e. The quantitative estimate of drug-likeness (QED) is 0.623. The Morgan fingerprint density at radius 3 is 2.56 bits per heavy atom. The summed E-state index contributed by atoms with van der Waals surface area (Å²) >= 11 is 5.83. The van der Waals surface area contributed by atoms with Crippen LogP contribution in [-0.2, 0) is 16.1 Å². The van der Waals surface area contributed by atoms with E-state index in [1.807, 2.05) is 45.0 Å². The molecule has 2 unspecified atom stereocenters. The normalized spacial score (nSPS) is 22.7. The second kappa shape index (κ2) is 4.90. The van der Waals surface area contributed by atoms with Crippen LogP contribution in [0.15, 0.2) is 24.3 Å². The Hall–Kier alpha value is -1.06. The average molecular weight is 268 g/mol. The van der Waals surface area contributed by atoms with Crippen LogP contribution >= 0.6 is 11.6 Å². The van der Waals surface area contributed by atoms with E-state index in [4.69, 9.17) is 16.3 Å². The Morgan fingerprint density at radius 2 is 2.00 bits per heavy atom. The number of ether oxygens (including phenoxy) is 1. The van der Waals surface area contributed by atoms with E-state index in [0.717, 1.165) is 23.7 Å². The summed E-state index contributed by atoms with van der Waals surface area (Å²) in [5.74, 6) is -0.128. The molecule has 3 nitrogen and oxygen atoms in total. The average Bonchev–Trinajstić information content (AvgIpc) is 2.98. The molecule has 4 heteroatoms. The van der Waals surface area contributed by atoms with Gasteiger partial charge in [0.15, 0.2) is 0 Å². The zero-order chi connectivity index (χ0) is 13.3. The van der Waals surface area contributed by atoms with Crippen molar-refractivity contribution in [3.8, 4) is 0 Å². The lowest BCUT2D eigenvalue weighted by Crippen LogP contribution is -2.28. The van der Waals surface area contributed by atoms with E-state index in [1.54, 1.807) is 0 Å². The van der Waals surface area contributed by atoms with Gasteiger partial charge in [-0.3, -0.25) is 9.69 Å². The lowest BCUT2D eigenvalue weighted by Gasteiger charge is -2.19. The monoisotopic (exact) mass is 267 g/mol. The molecule has 2 rings (SSSR count). The molecule has 1 aromatic carbocycles. The standard InChI is InChI=1S/C14H18ClNO2/c1-14(2,3)18-13(17)12-9-16(12)8-10-4-6-11(15)7-5-10/h4-7,12H,8-9H2,1-3H3. The molecule has 98 valence electrons. The van der Waals surface area contributed by atoms with Gasteiger partial charge in [0.25, 0.3) is 0 Å². The first-order chi connectivity index (χ1) is 8.35. The summed E-state index contributed by atoms with van der Waals surface area (Å²) in [5.41, 5.74) is 0.747. The minimum atomic E-state index is -0.411. The summed E-state index contributed by atoms with van der Waals surface area (Å²) in [5, 5.41) is 0.730. The molecule has 0 amide bonds. The van der Waals surface area contributed by atoms with E-state index in [1.165, 1.54) is 0 Å². The van der Waals surface area contributed by atoms with Crippen molar-refractivity contribution in [1.29, 1.82) is 0 Å². The molecular formula is C14H18ClNO2. The molecule has 2 atom stereocenters. The highest BCUT2D eigenvalue weighted by Gasteiger charge is 2.42. The van der Waals surface area contributed by atoms with E-state index in [2.05, 4.69) is 4.90 Å². The second-order valence-electron chi connectivity index (χ2n) is 5.61. The van der Waals surface area contributed by atoms with Crippen molar-refractivity contribution in [2.45, 2.75) is 39.0 Å². The van der Waals surface area contributed by atoms with Gasteiger partial charge >= 0.3 is 5.97 Å². The van der Waals surface area contributed by atoms with Crippen LogP contribution in [0.2, 0.25) is 5.02 Å². The van der Waals surface area contributed by atoms with Gasteiger partial charge in [0, 0.05) is 18.1 Å². The maximum absolute atomic E-state index is 11.8. The first-order valence-corrected chi connectivity index (χ1v) is 6.44. The Labute approximate surface area is 113 Å². The van der Waals surface area contributed by atoms with Crippen molar-refractivity contribution in [2.24, 2.45) is 0 Å². The van der Waals surface area contributed by atoms with Gasteiger partial charge in [-0.2, -0.15) is 0 Å². The number of nitrogens with zero attached hydrogens (tertiary/aromatic N) is 1. The molecule has 0 N–H and O–H groups in total. The largest absolute Gasteiger partial charge is 0.459 e. The molecule has 0 aliphatic carbocycles. The van der Waals surface area contributed by atoms with Gasteiger partial charge < -0.3 is 4.74 Å². The zero-order valence-corrected chi connectivity index (χ0v) is 11.7. The first kappa shape index (κ1) is 13.4. The molecule has 1 aliphatic heterocycles. The fraction of sp³-hybridized carbons (Fsp3) is 0.500. The van der Waals surface area contributed by atoms with E-state index >= 15 is 0 Å². The number of hydrogen-bond donors (Lipinski definition) is 0. The van der Waals surface area contributed by atoms with Gasteiger partial charge in [-0.25, -0.2) is 0 Å². The number of hydrogen-bond acceptors (Lipinski definition) is 3. The maximum atomic E-state index is 11.8. The Kier molecular flexibility index (Phi) is 3.64. The molecular weight excluding hydrogens is 250 g/mol. The van der Waals surface area contributed by atoms with Gasteiger partial charge in [0.05, 0.1) is 0 Å². The fourth-order valence-corrected chi connectivity index (χ4v) is 1.89. The first-order valence-electron chi connectivity index (χ1n) is 6.06. The van der Waals surface area contributed by atoms with E-state index in [-0.39, 0.29) is 12.0 Å². The van der Waals surface area contributed by atoms with Crippen molar-refractivity contribution in [2.75, 3.05) is 6.54 Å². The Bertz CT molecular complexity index is 436. The lowest BCUT2D eigenvalue weighted by atomic mass is 10.2. The van der Waals surface area contributed by atoms with Gasteiger partial charge in [-0.15, -0.1) is 0 Å². The number of rotatable bonds is 3. The smallest absolute Gasteiger partial charge is 0.325 e. The van der Waals surface area contributed by atoms with Crippen LogP contribution in [0.5, 0.6) is 0 Å². The molecule has 0 aromatic heterocycles. The molecule has 18 heavy (non-hydrogen) atoms. The van der Waals surface area contributed by atoms with Crippen LogP contribution in [0.4, 0.5) is 0 Å². The van der Waals surface area contributed by atoms with Crippen molar-refractivity contribution in [1.82, 2.24) is 4.90 Å². The topological polar surface area (TPSA) is 29.3 Å². The maximum Gasteiger partial charge on any atom is 0.325 e. The van der Waals surface area contributed by atoms with Gasteiger partial charge in [0.2, 0.25) is 0 Å². The van der Waals surface area contributed by atoms with Crippen molar-refractivity contribution in [3.05, 3.63) is 34.9 Å². The number of carbonyl (C=O) groups excluding carboxylic acids is 1. The van der Waals surface area contributed by atoms with Crippen LogP contribution in [0, 0.1) is 0 Å². The van der Waals surface area contributed by atoms with Crippen molar-refractivity contribution < 1.29 is 9.53 Å². The number of esters is 1. The van der Waals surface area contributed by atoms with Gasteiger partial charge in [0.1, 0.15) is 11.6 Å². The predicted molar refractivity (Wildman–Crippen MR) is 71.5 cm³/mol. The van der Waals surface area contributed by atoms with E-state index < -0.39 is 5.60 Å². The fourth-order valence-electron chi connectivity index (χ4n) is 1.77. The summed E-state index contributed by atoms with van der Waals surface area (Å²) in [6.45, 7) is 7.20. The molecule has 0 saturated carbocycles. The Balaban J connectivity index is 1.85. The molecule has 0 spiro atoms. The van der Waals surface area contributed by atoms with Crippen molar-refractivity contribution >= 4 is 17.6 Å². The third kappa shape index (κ3) is 3.72. The molecule has 1 fully saturated rings. The van der Waals surface area contributed by atoms with E-state index in [0.29, 0.717) is 0 Å². The molecule has 0 bridgehead atoms. The minimum absolute atomic E-state index is 0.0834. The summed E-state index contributed by atoms with van der Waals surface area (Å²) < 4.78 is 5.35. The molecule has 0 radical (unpaired) electrons. The highest BCUT2D eigenvalue weighted by molar-refractivity contribution is 6.30. The molecule has 1 aliphatic rings. The third-order valence-electron chi connectivity index (χ3n) is 2.69. The number of carbonyl (C=O) groups is 1. The second-order valence-corrected chi connectivity index (χ2v) is 6.04. The highest BCUT2D eigenvalue weighted by Crippen LogP contribution is 2.24. The number of benzene rings is 1. The van der Waals surface area contributed by atoms with Gasteiger partial charge in [-0.1, -0.05) is 23.7 Å². The van der Waals surface area contributed by atoms with Crippen LogP contribution in [0.1, 0.15) is 26.3 Å². The summed E-state index contributed by atoms with van der Waals surface area (Å²) in [6, 6.07) is 7.60. The molecule has 1 saturated heterocycles. The summed E-state index contributed by atoms with van der Waals surface area (Å²) in [7, 11) is 0. The molecule has 1 aromatic rings. The van der Waals surface area contributed by atoms with Gasteiger partial charge in [-0.05, 0) is 38.5 Å². The SMILES string of the molecule is CC(C)(C)OC(=O)C1CN1Cc1ccc(Cl)cc1. The zero-order valence-electron chi connectivity index (χ0n) is 10.9.